The highest BCUT2D eigenvalue weighted by molar-refractivity contribution is 6.10. The highest BCUT2D eigenvalue weighted by atomic mass is 19.1. The van der Waals surface area contributed by atoms with Crippen molar-refractivity contribution in [2.45, 2.75) is 51.9 Å². The maximum Gasteiger partial charge on any atom is 0.168 e. The second kappa shape index (κ2) is 7.63. The van der Waals surface area contributed by atoms with E-state index in [0.717, 1.165) is 53.5 Å². The van der Waals surface area contributed by atoms with Crippen molar-refractivity contribution in [3.8, 4) is 5.69 Å². The second-order valence-electron chi connectivity index (χ2n) is 7.57. The summed E-state index contributed by atoms with van der Waals surface area (Å²) in [5.41, 5.74) is 3.47. The number of rotatable bonds is 3. The quantitative estimate of drug-likeness (QED) is 0.533. The Balaban J connectivity index is 1.82. The number of pyridine rings is 1. The molecule has 0 amide bonds. The summed E-state index contributed by atoms with van der Waals surface area (Å²) in [6, 6.07) is 8.33. The van der Waals surface area contributed by atoms with Crippen LogP contribution in [-0.2, 0) is 0 Å². The van der Waals surface area contributed by atoms with Gasteiger partial charge in [-0.15, -0.1) is 0 Å². The number of fused-ring (bicyclic) bond motifs is 1. The minimum atomic E-state index is -0.267. The van der Waals surface area contributed by atoms with Gasteiger partial charge < -0.3 is 4.57 Å². The van der Waals surface area contributed by atoms with E-state index in [1.54, 1.807) is 24.5 Å². The summed E-state index contributed by atoms with van der Waals surface area (Å²) in [5, 5.41) is 0.943. The predicted octanol–water partition coefficient (Wildman–Crippen LogP) is 6.02. The van der Waals surface area contributed by atoms with Gasteiger partial charge in [0.2, 0.25) is 0 Å². The van der Waals surface area contributed by atoms with Gasteiger partial charge in [-0.05, 0) is 50.1 Å². The van der Waals surface area contributed by atoms with Gasteiger partial charge in [0.05, 0.1) is 11.7 Å². The van der Waals surface area contributed by atoms with Crippen LogP contribution in [0.3, 0.4) is 0 Å². The lowest BCUT2D eigenvalue weighted by Crippen LogP contribution is -2.17. The van der Waals surface area contributed by atoms with E-state index in [2.05, 4.69) is 4.98 Å². The maximum atomic E-state index is 13.5. The Hall–Kier alpha value is -2.49. The van der Waals surface area contributed by atoms with E-state index in [9.17, 15) is 9.18 Å². The van der Waals surface area contributed by atoms with Gasteiger partial charge in [-0.1, -0.05) is 32.1 Å². The molecule has 2 aromatic heterocycles. The van der Waals surface area contributed by atoms with Crippen molar-refractivity contribution in [3.63, 3.8) is 0 Å². The van der Waals surface area contributed by atoms with E-state index < -0.39 is 0 Å². The van der Waals surface area contributed by atoms with Crippen LogP contribution in [0.15, 0.2) is 42.7 Å². The number of hydrogen-bond donors (Lipinski definition) is 0. The molecule has 4 rings (SSSR count). The van der Waals surface area contributed by atoms with Crippen molar-refractivity contribution in [3.05, 3.63) is 59.8 Å². The minimum absolute atomic E-state index is 0.101. The number of aromatic nitrogens is 2. The Morgan fingerprint density at radius 3 is 2.41 bits per heavy atom. The molecule has 3 aromatic rings. The number of carbonyl (C=O) groups excluding carboxylic acids is 1. The van der Waals surface area contributed by atoms with Gasteiger partial charge in [0.1, 0.15) is 5.82 Å². The molecule has 0 bridgehead atoms. The van der Waals surface area contributed by atoms with Crippen LogP contribution in [0.2, 0.25) is 0 Å². The molecule has 0 spiro atoms. The van der Waals surface area contributed by atoms with Crippen LogP contribution in [-0.4, -0.2) is 15.3 Å². The zero-order valence-corrected chi connectivity index (χ0v) is 15.7. The van der Waals surface area contributed by atoms with Crippen LogP contribution < -0.4 is 0 Å². The molecule has 0 unspecified atom stereocenters. The average molecular weight is 364 g/mol. The molecule has 0 saturated heterocycles. The molecular formula is C23H25FN2O. The normalized spacial score (nSPS) is 16.2. The van der Waals surface area contributed by atoms with Crippen molar-refractivity contribution in [2.24, 2.45) is 5.92 Å². The zero-order valence-electron chi connectivity index (χ0n) is 15.7. The molecule has 27 heavy (non-hydrogen) atoms. The Morgan fingerprint density at radius 2 is 1.70 bits per heavy atom. The summed E-state index contributed by atoms with van der Waals surface area (Å²) in [7, 11) is 0. The van der Waals surface area contributed by atoms with Crippen LogP contribution in [0.5, 0.6) is 0 Å². The average Bonchev–Trinajstić information content (AvgIpc) is 2.94. The Morgan fingerprint density at radius 1 is 1.04 bits per heavy atom. The van der Waals surface area contributed by atoms with Gasteiger partial charge in [-0.25, -0.2) is 4.39 Å². The molecule has 3 nitrogen and oxygen atoms in total. The third-order valence-corrected chi connectivity index (χ3v) is 5.81. The van der Waals surface area contributed by atoms with Crippen LogP contribution in [0.1, 0.15) is 61.0 Å². The molecule has 1 aliphatic carbocycles. The van der Waals surface area contributed by atoms with E-state index in [4.69, 9.17) is 0 Å². The summed E-state index contributed by atoms with van der Waals surface area (Å²) < 4.78 is 15.4. The first kappa shape index (κ1) is 17.9. The summed E-state index contributed by atoms with van der Waals surface area (Å²) >= 11 is 0. The van der Waals surface area contributed by atoms with E-state index >= 15 is 0 Å². The van der Waals surface area contributed by atoms with Gasteiger partial charge in [0.25, 0.3) is 0 Å². The summed E-state index contributed by atoms with van der Waals surface area (Å²) in [5.74, 6) is 0.0905. The van der Waals surface area contributed by atoms with Gasteiger partial charge in [-0.2, -0.15) is 0 Å². The number of ketones is 1. The van der Waals surface area contributed by atoms with Gasteiger partial charge in [0.15, 0.2) is 5.78 Å². The van der Waals surface area contributed by atoms with Gasteiger partial charge in [-0.3, -0.25) is 9.78 Å². The Kier molecular flexibility index (Phi) is 5.06. The molecule has 1 aliphatic rings. The summed E-state index contributed by atoms with van der Waals surface area (Å²) in [4.78, 5) is 17.8. The smallest absolute Gasteiger partial charge is 0.168 e. The second-order valence-corrected chi connectivity index (χ2v) is 7.57. The van der Waals surface area contributed by atoms with Gasteiger partial charge >= 0.3 is 0 Å². The topological polar surface area (TPSA) is 34.9 Å². The van der Waals surface area contributed by atoms with Crippen molar-refractivity contribution in [1.82, 2.24) is 9.55 Å². The molecule has 140 valence electrons. The molecule has 0 atom stereocenters. The number of halogens is 1. The Labute approximate surface area is 159 Å². The van der Waals surface area contributed by atoms with Crippen LogP contribution in [0.25, 0.3) is 16.6 Å². The van der Waals surface area contributed by atoms with Crippen molar-refractivity contribution < 1.29 is 9.18 Å². The fourth-order valence-corrected chi connectivity index (χ4v) is 4.42. The molecule has 0 N–H and O–H groups in total. The summed E-state index contributed by atoms with van der Waals surface area (Å²) in [6.45, 7) is 1.99. The lowest BCUT2D eigenvalue weighted by molar-refractivity contribution is 0.0899. The molecule has 4 heteroatoms. The van der Waals surface area contributed by atoms with Crippen molar-refractivity contribution >= 4 is 16.7 Å². The first-order valence-corrected chi connectivity index (χ1v) is 9.92. The van der Waals surface area contributed by atoms with Crippen LogP contribution in [0.4, 0.5) is 4.39 Å². The van der Waals surface area contributed by atoms with E-state index in [0.29, 0.717) is 0 Å². The number of benzene rings is 1. The number of carbonyl (C=O) groups is 1. The van der Waals surface area contributed by atoms with Crippen molar-refractivity contribution in [1.29, 1.82) is 0 Å². The maximum absolute atomic E-state index is 13.5. The highest BCUT2D eigenvalue weighted by Gasteiger charge is 2.27. The number of Topliss-reactive ketones (excluding diaryl/α,β-unsaturated/α-hetero) is 1. The van der Waals surface area contributed by atoms with E-state index in [1.807, 2.05) is 17.6 Å². The largest absolute Gasteiger partial charge is 0.312 e. The summed E-state index contributed by atoms with van der Waals surface area (Å²) in [6.07, 6.45) is 11.5. The number of hydrogen-bond acceptors (Lipinski definition) is 2. The lowest BCUT2D eigenvalue weighted by Gasteiger charge is -2.19. The number of nitrogens with zero attached hydrogens (tertiary/aromatic N) is 2. The third kappa shape index (κ3) is 3.41. The van der Waals surface area contributed by atoms with Crippen molar-refractivity contribution in [2.75, 3.05) is 0 Å². The fourth-order valence-electron chi connectivity index (χ4n) is 4.42. The first-order chi connectivity index (χ1) is 13.2. The SMILES string of the molecule is Cc1c(C(=O)C2CCCCCCC2)c2ccncc2n1-c1ccc(F)cc1. The lowest BCUT2D eigenvalue weighted by atomic mass is 9.85. The minimum Gasteiger partial charge on any atom is -0.312 e. The van der Waals surface area contributed by atoms with Crippen LogP contribution in [0, 0.1) is 18.7 Å². The molecular weight excluding hydrogens is 339 g/mol. The molecule has 1 aromatic carbocycles. The predicted molar refractivity (Wildman–Crippen MR) is 106 cm³/mol. The third-order valence-electron chi connectivity index (χ3n) is 5.81. The van der Waals surface area contributed by atoms with E-state index in [1.165, 1.54) is 31.4 Å². The molecule has 1 saturated carbocycles. The Bertz CT molecular complexity index is 950. The zero-order chi connectivity index (χ0) is 18.8. The molecule has 0 radical (unpaired) electrons. The molecule has 2 heterocycles. The fraction of sp³-hybridized carbons (Fsp3) is 0.391. The monoisotopic (exact) mass is 364 g/mol. The molecule has 1 fully saturated rings. The first-order valence-electron chi connectivity index (χ1n) is 9.92. The highest BCUT2D eigenvalue weighted by Crippen LogP contribution is 2.33. The standard InChI is InChI=1S/C23H25FN2O/c1-16-22(23(27)17-7-5-3-2-4-6-8-17)20-13-14-25-15-21(20)26(16)19-11-9-18(24)10-12-19/h9-15,17H,2-8H2,1H3. The van der Waals surface area contributed by atoms with E-state index in [-0.39, 0.29) is 17.5 Å². The van der Waals surface area contributed by atoms with Gasteiger partial charge in [0, 0.05) is 34.4 Å². The van der Waals surface area contributed by atoms with Crippen LogP contribution >= 0.6 is 0 Å². The molecule has 0 aliphatic heterocycles.